The highest BCUT2D eigenvalue weighted by atomic mass is 32.2. The lowest BCUT2D eigenvalue weighted by molar-refractivity contribution is 0.0696. The fourth-order valence-corrected chi connectivity index (χ4v) is 1.83. The molecule has 6 nitrogen and oxygen atoms in total. The largest absolute Gasteiger partial charge is 0.478 e. The van der Waals surface area contributed by atoms with Gasteiger partial charge in [-0.15, -0.1) is 10.2 Å². The Morgan fingerprint density at radius 1 is 1.47 bits per heavy atom. The smallest absolute Gasteiger partial charge is 0.337 e. The molecule has 0 unspecified atom stereocenters. The van der Waals surface area contributed by atoms with Gasteiger partial charge in [0.2, 0.25) is 5.89 Å². The molecule has 17 heavy (non-hydrogen) atoms. The summed E-state index contributed by atoms with van der Waals surface area (Å²) in [7, 11) is 0. The normalized spacial score (nSPS) is 10.4. The van der Waals surface area contributed by atoms with Crippen LogP contribution in [0.5, 0.6) is 0 Å². The number of thioether (sulfide) groups is 1. The third kappa shape index (κ3) is 3.04. The molecule has 0 bridgehead atoms. The van der Waals surface area contributed by atoms with Crippen LogP contribution in [0.15, 0.2) is 28.0 Å². The lowest BCUT2D eigenvalue weighted by Crippen LogP contribution is -1.98. The first-order valence-electron chi connectivity index (χ1n) is 4.76. The Morgan fingerprint density at radius 2 is 2.29 bits per heavy atom. The number of hydrogen-bond donors (Lipinski definition) is 1. The minimum atomic E-state index is -0.982. The average molecular weight is 251 g/mol. The van der Waals surface area contributed by atoms with Gasteiger partial charge in [0.05, 0.1) is 11.3 Å². The van der Waals surface area contributed by atoms with Gasteiger partial charge in [0.15, 0.2) is 0 Å². The molecule has 0 fully saturated rings. The maximum atomic E-state index is 10.6. The number of hydrogen-bond acceptors (Lipinski definition) is 6. The Labute approximate surface area is 101 Å². The van der Waals surface area contributed by atoms with Crippen LogP contribution in [0.2, 0.25) is 0 Å². The van der Waals surface area contributed by atoms with E-state index < -0.39 is 5.97 Å². The molecule has 0 atom stereocenters. The van der Waals surface area contributed by atoms with E-state index >= 15 is 0 Å². The molecule has 0 aromatic carbocycles. The molecule has 1 N–H and O–H groups in total. The second kappa shape index (κ2) is 4.96. The van der Waals surface area contributed by atoms with Crippen molar-refractivity contribution in [2.75, 3.05) is 0 Å². The number of aryl methyl sites for hydroxylation is 1. The second-order valence-corrected chi connectivity index (χ2v) is 4.15. The molecule has 2 heterocycles. The van der Waals surface area contributed by atoms with Gasteiger partial charge in [0.25, 0.3) is 5.22 Å². The third-order valence-corrected chi connectivity index (χ3v) is 2.77. The van der Waals surface area contributed by atoms with E-state index in [-0.39, 0.29) is 5.56 Å². The first-order chi connectivity index (χ1) is 8.15. The Hall–Kier alpha value is -1.89. The molecule has 7 heteroatoms. The van der Waals surface area contributed by atoms with Gasteiger partial charge in [-0.3, -0.25) is 4.98 Å². The zero-order valence-corrected chi connectivity index (χ0v) is 9.77. The zero-order chi connectivity index (χ0) is 12.3. The van der Waals surface area contributed by atoms with Gasteiger partial charge in [0.1, 0.15) is 0 Å². The number of pyridine rings is 1. The summed E-state index contributed by atoms with van der Waals surface area (Å²) in [6.07, 6.45) is 1.33. The van der Waals surface area contributed by atoms with Crippen molar-refractivity contribution >= 4 is 17.7 Å². The molecule has 0 saturated carbocycles. The number of carboxylic acid groups (broad SMARTS) is 1. The molecule has 2 aromatic rings. The summed E-state index contributed by atoms with van der Waals surface area (Å²) in [5.74, 6) is 0.0903. The maximum Gasteiger partial charge on any atom is 0.337 e. The van der Waals surface area contributed by atoms with Crippen molar-refractivity contribution in [1.29, 1.82) is 0 Å². The maximum absolute atomic E-state index is 10.6. The number of aromatic nitrogens is 3. The highest BCUT2D eigenvalue weighted by Gasteiger charge is 2.06. The predicted molar refractivity (Wildman–Crippen MR) is 59.8 cm³/mol. The highest BCUT2D eigenvalue weighted by molar-refractivity contribution is 7.98. The Balaban J connectivity index is 1.97. The molecule has 0 amide bonds. The van der Waals surface area contributed by atoms with Crippen molar-refractivity contribution < 1.29 is 14.3 Å². The first-order valence-corrected chi connectivity index (χ1v) is 5.75. The fourth-order valence-electron chi connectivity index (χ4n) is 1.11. The van der Waals surface area contributed by atoms with E-state index in [1.807, 2.05) is 0 Å². The van der Waals surface area contributed by atoms with Gasteiger partial charge in [-0.25, -0.2) is 4.79 Å². The van der Waals surface area contributed by atoms with E-state index in [2.05, 4.69) is 15.2 Å². The van der Waals surface area contributed by atoms with E-state index in [1.54, 1.807) is 13.0 Å². The summed E-state index contributed by atoms with van der Waals surface area (Å²) in [4.78, 5) is 14.6. The lowest BCUT2D eigenvalue weighted by Gasteiger charge is -1.98. The van der Waals surface area contributed by atoms with Gasteiger partial charge in [-0.1, -0.05) is 11.8 Å². The number of aromatic carboxylic acids is 1. The summed E-state index contributed by atoms with van der Waals surface area (Å²) in [6, 6.07) is 3.18. The van der Waals surface area contributed by atoms with E-state index in [4.69, 9.17) is 9.52 Å². The van der Waals surface area contributed by atoms with E-state index in [1.165, 1.54) is 24.0 Å². The van der Waals surface area contributed by atoms with Crippen molar-refractivity contribution in [3.63, 3.8) is 0 Å². The predicted octanol–water partition coefficient (Wildman–Crippen LogP) is 1.76. The molecule has 0 aliphatic heterocycles. The second-order valence-electron chi connectivity index (χ2n) is 3.22. The summed E-state index contributed by atoms with van der Waals surface area (Å²) in [5, 5.41) is 16.7. The summed E-state index contributed by atoms with van der Waals surface area (Å²) < 4.78 is 5.19. The lowest BCUT2D eigenvalue weighted by atomic mass is 10.2. The van der Waals surface area contributed by atoms with E-state index in [9.17, 15) is 4.79 Å². The average Bonchev–Trinajstić information content (AvgIpc) is 2.73. The van der Waals surface area contributed by atoms with Crippen molar-refractivity contribution in [1.82, 2.24) is 15.2 Å². The summed E-state index contributed by atoms with van der Waals surface area (Å²) in [5.41, 5.74) is 0.934. The Bertz CT molecular complexity index is 524. The standard InChI is InChI=1S/C10H9N3O3S/c1-6-12-13-10(16-6)17-5-8-3-2-7(4-11-8)9(14)15/h2-4H,5H2,1H3,(H,14,15). The minimum absolute atomic E-state index is 0.174. The minimum Gasteiger partial charge on any atom is -0.478 e. The molecular weight excluding hydrogens is 242 g/mol. The molecule has 2 aromatic heterocycles. The number of nitrogens with zero attached hydrogens (tertiary/aromatic N) is 3. The van der Waals surface area contributed by atoms with Crippen LogP contribution in [0.3, 0.4) is 0 Å². The van der Waals surface area contributed by atoms with Crippen LogP contribution in [0.1, 0.15) is 21.9 Å². The van der Waals surface area contributed by atoms with Gasteiger partial charge in [-0.05, 0) is 12.1 Å². The quantitative estimate of drug-likeness (QED) is 0.828. The fraction of sp³-hybridized carbons (Fsp3) is 0.200. The van der Waals surface area contributed by atoms with Crippen LogP contribution in [0.25, 0.3) is 0 Å². The highest BCUT2D eigenvalue weighted by Crippen LogP contribution is 2.20. The number of rotatable bonds is 4. The first kappa shape index (κ1) is 11.6. The van der Waals surface area contributed by atoms with Crippen molar-refractivity contribution in [2.24, 2.45) is 0 Å². The van der Waals surface area contributed by atoms with E-state index in [0.717, 1.165) is 5.69 Å². The Kier molecular flexibility index (Phi) is 3.38. The molecular formula is C10H9N3O3S. The topological polar surface area (TPSA) is 89.1 Å². The van der Waals surface area contributed by atoms with Crippen molar-refractivity contribution in [2.45, 2.75) is 17.9 Å². The third-order valence-electron chi connectivity index (χ3n) is 1.92. The van der Waals surface area contributed by atoms with Gasteiger partial charge in [-0.2, -0.15) is 0 Å². The van der Waals surface area contributed by atoms with Crippen LogP contribution >= 0.6 is 11.8 Å². The molecule has 0 saturated heterocycles. The van der Waals surface area contributed by atoms with E-state index in [0.29, 0.717) is 16.9 Å². The van der Waals surface area contributed by atoms with Gasteiger partial charge < -0.3 is 9.52 Å². The summed E-state index contributed by atoms with van der Waals surface area (Å²) >= 11 is 1.36. The van der Waals surface area contributed by atoms with Crippen molar-refractivity contribution in [3.05, 3.63) is 35.5 Å². The molecule has 0 radical (unpaired) electrons. The van der Waals surface area contributed by atoms with Gasteiger partial charge in [0, 0.05) is 18.9 Å². The summed E-state index contributed by atoms with van der Waals surface area (Å²) in [6.45, 7) is 1.72. The van der Waals surface area contributed by atoms with Crippen molar-refractivity contribution in [3.8, 4) is 0 Å². The van der Waals surface area contributed by atoms with Gasteiger partial charge >= 0.3 is 5.97 Å². The van der Waals surface area contributed by atoms with Crippen LogP contribution in [0, 0.1) is 6.92 Å². The molecule has 2 rings (SSSR count). The monoisotopic (exact) mass is 251 g/mol. The van der Waals surface area contributed by atoms with Crippen LogP contribution in [0.4, 0.5) is 0 Å². The molecule has 0 spiro atoms. The number of carboxylic acids is 1. The molecule has 88 valence electrons. The molecule has 0 aliphatic carbocycles. The zero-order valence-electron chi connectivity index (χ0n) is 8.95. The SMILES string of the molecule is Cc1nnc(SCc2ccc(C(=O)O)cn2)o1. The Morgan fingerprint density at radius 3 is 2.82 bits per heavy atom. The van der Waals surface area contributed by atoms with Crippen LogP contribution in [-0.4, -0.2) is 26.3 Å². The van der Waals surface area contributed by atoms with Crippen LogP contribution in [-0.2, 0) is 5.75 Å². The molecule has 0 aliphatic rings. The number of carbonyl (C=O) groups is 1. The van der Waals surface area contributed by atoms with Crippen LogP contribution < -0.4 is 0 Å².